The molecule has 1 N–H and O–H groups in total. The van der Waals surface area contributed by atoms with Crippen LogP contribution in [0.2, 0.25) is 0 Å². The van der Waals surface area contributed by atoms with Crippen molar-refractivity contribution in [3.05, 3.63) is 35.5 Å². The lowest BCUT2D eigenvalue weighted by Crippen LogP contribution is -2.27. The smallest absolute Gasteiger partial charge is 0.243 e. The molecule has 3 rings (SSSR count). The molecule has 0 bridgehead atoms. The van der Waals surface area contributed by atoms with Gasteiger partial charge in [0.05, 0.1) is 20.3 Å². The highest BCUT2D eigenvalue weighted by Gasteiger charge is 2.20. The second-order valence-corrected chi connectivity index (χ2v) is 6.09. The number of aryl methyl sites for hydroxylation is 2. The minimum atomic E-state index is 0.228. The van der Waals surface area contributed by atoms with Gasteiger partial charge in [0, 0.05) is 6.42 Å². The molecule has 1 aromatic carbocycles. The van der Waals surface area contributed by atoms with E-state index in [1.165, 1.54) is 18.4 Å². The van der Waals surface area contributed by atoms with Gasteiger partial charge in [0.2, 0.25) is 5.89 Å². The maximum Gasteiger partial charge on any atom is 0.243 e. The van der Waals surface area contributed by atoms with Crippen molar-refractivity contribution >= 4 is 0 Å². The van der Waals surface area contributed by atoms with Crippen molar-refractivity contribution in [1.82, 2.24) is 15.5 Å². The average Bonchev–Trinajstić information content (AvgIpc) is 3.11. The fourth-order valence-electron chi connectivity index (χ4n) is 3.06. The Balaban J connectivity index is 1.52. The molecular weight excluding hydrogens is 306 g/mol. The number of nitrogens with zero attached hydrogens (tertiary/aromatic N) is 2. The van der Waals surface area contributed by atoms with E-state index in [4.69, 9.17) is 14.0 Å². The average molecular weight is 331 g/mol. The van der Waals surface area contributed by atoms with Crippen LogP contribution in [-0.2, 0) is 12.8 Å². The summed E-state index contributed by atoms with van der Waals surface area (Å²) in [5.74, 6) is 3.04. The predicted molar refractivity (Wildman–Crippen MR) is 90.5 cm³/mol. The zero-order valence-corrected chi connectivity index (χ0v) is 14.4. The molecule has 0 radical (unpaired) electrons. The third-order valence-electron chi connectivity index (χ3n) is 4.41. The lowest BCUT2D eigenvalue weighted by Gasteiger charge is -2.19. The molecule has 0 amide bonds. The standard InChI is InChI=1S/C18H25N3O3/c1-22-15-10-9-13(12-16(15)23-2)6-5-8-17-20-18(24-21-17)14-7-3-4-11-19-14/h9-10,12,14,19H,3-8,11H2,1-2H3. The molecule has 0 aliphatic carbocycles. The van der Waals surface area contributed by atoms with E-state index in [2.05, 4.69) is 21.5 Å². The number of nitrogens with one attached hydrogen (secondary N) is 1. The number of methoxy groups -OCH3 is 2. The molecule has 1 saturated heterocycles. The van der Waals surface area contributed by atoms with Crippen LogP contribution < -0.4 is 14.8 Å². The molecule has 130 valence electrons. The molecule has 0 spiro atoms. The Morgan fingerprint density at radius 3 is 2.79 bits per heavy atom. The molecule has 1 atom stereocenters. The van der Waals surface area contributed by atoms with E-state index in [0.29, 0.717) is 0 Å². The second-order valence-electron chi connectivity index (χ2n) is 6.09. The molecule has 1 aliphatic rings. The summed E-state index contributed by atoms with van der Waals surface area (Å²) in [6.45, 7) is 1.03. The quantitative estimate of drug-likeness (QED) is 0.841. The number of benzene rings is 1. The zero-order valence-electron chi connectivity index (χ0n) is 14.4. The Bertz CT molecular complexity index is 651. The summed E-state index contributed by atoms with van der Waals surface area (Å²) >= 11 is 0. The summed E-state index contributed by atoms with van der Waals surface area (Å²) in [6.07, 6.45) is 6.23. The van der Waals surface area contributed by atoms with E-state index in [1.807, 2.05) is 12.1 Å². The lowest BCUT2D eigenvalue weighted by molar-refractivity contribution is 0.296. The van der Waals surface area contributed by atoms with Gasteiger partial charge in [-0.2, -0.15) is 4.98 Å². The van der Waals surface area contributed by atoms with Gasteiger partial charge in [-0.15, -0.1) is 0 Å². The number of aromatic nitrogens is 2. The van der Waals surface area contributed by atoms with E-state index in [-0.39, 0.29) is 6.04 Å². The Hall–Kier alpha value is -2.08. The molecular formula is C18H25N3O3. The minimum absolute atomic E-state index is 0.228. The Morgan fingerprint density at radius 2 is 2.04 bits per heavy atom. The Labute approximate surface area is 142 Å². The van der Waals surface area contributed by atoms with Crippen LogP contribution in [0.15, 0.2) is 22.7 Å². The minimum Gasteiger partial charge on any atom is -0.493 e. The van der Waals surface area contributed by atoms with Crippen molar-refractivity contribution < 1.29 is 14.0 Å². The largest absolute Gasteiger partial charge is 0.493 e. The number of ether oxygens (including phenoxy) is 2. The van der Waals surface area contributed by atoms with Crippen molar-refractivity contribution in [3.63, 3.8) is 0 Å². The topological polar surface area (TPSA) is 69.4 Å². The van der Waals surface area contributed by atoms with Crippen LogP contribution in [0.3, 0.4) is 0 Å². The zero-order chi connectivity index (χ0) is 16.8. The Kier molecular flexibility index (Phi) is 5.69. The second kappa shape index (κ2) is 8.15. The van der Waals surface area contributed by atoms with Crippen molar-refractivity contribution in [3.8, 4) is 11.5 Å². The van der Waals surface area contributed by atoms with Crippen LogP contribution in [0.4, 0.5) is 0 Å². The van der Waals surface area contributed by atoms with Gasteiger partial charge in [0.15, 0.2) is 17.3 Å². The molecule has 6 heteroatoms. The van der Waals surface area contributed by atoms with Crippen LogP contribution in [-0.4, -0.2) is 30.9 Å². The molecule has 24 heavy (non-hydrogen) atoms. The van der Waals surface area contributed by atoms with E-state index in [1.54, 1.807) is 14.2 Å². The van der Waals surface area contributed by atoms with Gasteiger partial charge < -0.3 is 19.3 Å². The first-order valence-corrected chi connectivity index (χ1v) is 8.57. The summed E-state index contributed by atoms with van der Waals surface area (Å²) in [6, 6.07) is 6.25. The number of hydrogen-bond donors (Lipinski definition) is 1. The number of piperidine rings is 1. The van der Waals surface area contributed by atoms with Crippen LogP contribution >= 0.6 is 0 Å². The molecule has 2 aromatic rings. The Morgan fingerprint density at radius 1 is 1.17 bits per heavy atom. The van der Waals surface area contributed by atoms with Crippen LogP contribution in [0.1, 0.15) is 49.0 Å². The van der Waals surface area contributed by atoms with Gasteiger partial charge in [-0.3, -0.25) is 0 Å². The number of hydrogen-bond acceptors (Lipinski definition) is 6. The summed E-state index contributed by atoms with van der Waals surface area (Å²) < 4.78 is 16.0. The first kappa shape index (κ1) is 16.8. The molecule has 6 nitrogen and oxygen atoms in total. The maximum absolute atomic E-state index is 5.41. The highest BCUT2D eigenvalue weighted by Crippen LogP contribution is 2.28. The fourth-order valence-corrected chi connectivity index (χ4v) is 3.06. The van der Waals surface area contributed by atoms with Gasteiger partial charge in [-0.1, -0.05) is 17.6 Å². The van der Waals surface area contributed by atoms with E-state index >= 15 is 0 Å². The lowest BCUT2D eigenvalue weighted by atomic mass is 10.1. The summed E-state index contributed by atoms with van der Waals surface area (Å²) in [5.41, 5.74) is 1.21. The molecule has 1 aliphatic heterocycles. The molecule has 2 heterocycles. The first-order valence-electron chi connectivity index (χ1n) is 8.57. The summed E-state index contributed by atoms with van der Waals surface area (Å²) in [5, 5.41) is 7.54. The molecule has 1 fully saturated rings. The first-order chi connectivity index (χ1) is 11.8. The molecule has 1 unspecified atom stereocenters. The molecule has 1 aromatic heterocycles. The third-order valence-corrected chi connectivity index (χ3v) is 4.41. The molecule has 0 saturated carbocycles. The van der Waals surface area contributed by atoms with Gasteiger partial charge in [0.1, 0.15) is 0 Å². The van der Waals surface area contributed by atoms with E-state index in [0.717, 1.165) is 55.4 Å². The predicted octanol–water partition coefficient (Wildman–Crippen LogP) is 3.08. The van der Waals surface area contributed by atoms with Crippen molar-refractivity contribution in [1.29, 1.82) is 0 Å². The van der Waals surface area contributed by atoms with E-state index < -0.39 is 0 Å². The van der Waals surface area contributed by atoms with Crippen LogP contribution in [0.25, 0.3) is 0 Å². The summed E-state index contributed by atoms with van der Waals surface area (Å²) in [7, 11) is 3.30. The monoisotopic (exact) mass is 331 g/mol. The van der Waals surface area contributed by atoms with Gasteiger partial charge in [-0.05, 0) is 49.9 Å². The van der Waals surface area contributed by atoms with Gasteiger partial charge >= 0.3 is 0 Å². The highest BCUT2D eigenvalue weighted by atomic mass is 16.5. The van der Waals surface area contributed by atoms with Crippen molar-refractivity contribution in [2.45, 2.75) is 44.6 Å². The van der Waals surface area contributed by atoms with Crippen LogP contribution in [0, 0.1) is 0 Å². The summed E-state index contributed by atoms with van der Waals surface area (Å²) in [4.78, 5) is 4.54. The van der Waals surface area contributed by atoms with E-state index in [9.17, 15) is 0 Å². The van der Waals surface area contributed by atoms with Crippen molar-refractivity contribution in [2.24, 2.45) is 0 Å². The normalized spacial score (nSPS) is 17.7. The fraction of sp³-hybridized carbons (Fsp3) is 0.556. The maximum atomic E-state index is 5.41. The van der Waals surface area contributed by atoms with Gasteiger partial charge in [0.25, 0.3) is 0 Å². The SMILES string of the molecule is COc1ccc(CCCc2noc(C3CCCCN3)n2)cc1OC. The van der Waals surface area contributed by atoms with Gasteiger partial charge in [-0.25, -0.2) is 0 Å². The number of rotatable bonds is 7. The van der Waals surface area contributed by atoms with Crippen LogP contribution in [0.5, 0.6) is 11.5 Å². The highest BCUT2D eigenvalue weighted by molar-refractivity contribution is 5.42. The van der Waals surface area contributed by atoms with Crippen molar-refractivity contribution in [2.75, 3.05) is 20.8 Å². The third kappa shape index (κ3) is 4.06.